The molecule has 1 heterocycles. The van der Waals surface area contributed by atoms with Gasteiger partial charge in [0.05, 0.1) is 12.8 Å². The van der Waals surface area contributed by atoms with Crippen LogP contribution in [0.3, 0.4) is 0 Å². The van der Waals surface area contributed by atoms with Crippen molar-refractivity contribution in [2.45, 2.75) is 32.2 Å². The molecule has 1 unspecified atom stereocenters. The number of benzene rings is 1. The van der Waals surface area contributed by atoms with Crippen LogP contribution in [-0.4, -0.2) is 20.2 Å². The third-order valence-electron chi connectivity index (χ3n) is 3.89. The summed E-state index contributed by atoms with van der Waals surface area (Å²) < 4.78 is 5.43. The second-order valence-corrected chi connectivity index (χ2v) is 4.87. The lowest BCUT2D eigenvalue weighted by Gasteiger charge is -2.28. The van der Waals surface area contributed by atoms with Gasteiger partial charge in [-0.1, -0.05) is 26.0 Å². The number of hydrogen-bond donors (Lipinski definition) is 0. The van der Waals surface area contributed by atoms with Crippen molar-refractivity contribution < 1.29 is 4.74 Å². The van der Waals surface area contributed by atoms with Crippen molar-refractivity contribution in [3.05, 3.63) is 23.8 Å². The van der Waals surface area contributed by atoms with Crippen molar-refractivity contribution >= 4 is 5.69 Å². The van der Waals surface area contributed by atoms with Crippen molar-refractivity contribution in [2.75, 3.05) is 19.1 Å². The molecule has 0 spiro atoms. The minimum atomic E-state index is 0.193. The average molecular weight is 205 g/mol. The van der Waals surface area contributed by atoms with Crippen LogP contribution in [0.5, 0.6) is 5.75 Å². The van der Waals surface area contributed by atoms with Crippen LogP contribution in [-0.2, 0) is 5.41 Å². The lowest BCUT2D eigenvalue weighted by molar-refractivity contribution is 0.415. The highest BCUT2D eigenvalue weighted by atomic mass is 16.5. The zero-order valence-corrected chi connectivity index (χ0v) is 10.2. The summed E-state index contributed by atoms with van der Waals surface area (Å²) in [6.07, 6.45) is 0. The molecule has 82 valence electrons. The van der Waals surface area contributed by atoms with E-state index in [1.54, 1.807) is 7.11 Å². The average Bonchev–Trinajstić information content (AvgIpc) is 2.41. The number of fused-ring (bicyclic) bond motifs is 1. The van der Waals surface area contributed by atoms with Crippen molar-refractivity contribution in [2.24, 2.45) is 0 Å². The van der Waals surface area contributed by atoms with Crippen LogP contribution in [0.4, 0.5) is 5.69 Å². The molecule has 2 rings (SSSR count). The fourth-order valence-electron chi connectivity index (χ4n) is 2.47. The first-order valence-corrected chi connectivity index (χ1v) is 5.40. The molecule has 1 aromatic rings. The van der Waals surface area contributed by atoms with Gasteiger partial charge in [-0.25, -0.2) is 0 Å². The smallest absolute Gasteiger partial charge is 0.142 e. The number of anilines is 1. The molecule has 15 heavy (non-hydrogen) atoms. The highest BCUT2D eigenvalue weighted by Gasteiger charge is 2.41. The van der Waals surface area contributed by atoms with E-state index in [1.807, 2.05) is 6.07 Å². The molecule has 1 aliphatic heterocycles. The summed E-state index contributed by atoms with van der Waals surface area (Å²) in [6, 6.07) is 6.82. The van der Waals surface area contributed by atoms with Crippen LogP contribution in [0.25, 0.3) is 0 Å². The van der Waals surface area contributed by atoms with E-state index in [2.05, 4.69) is 44.9 Å². The summed E-state index contributed by atoms with van der Waals surface area (Å²) in [7, 11) is 3.88. The first kappa shape index (κ1) is 10.3. The van der Waals surface area contributed by atoms with Crippen LogP contribution < -0.4 is 9.64 Å². The first-order valence-electron chi connectivity index (χ1n) is 5.40. The summed E-state index contributed by atoms with van der Waals surface area (Å²) in [6.45, 7) is 6.85. The highest BCUT2D eigenvalue weighted by molar-refractivity contribution is 5.70. The molecule has 0 fully saturated rings. The maximum Gasteiger partial charge on any atom is 0.142 e. The Balaban J connectivity index is 2.65. The largest absolute Gasteiger partial charge is 0.495 e. The number of nitrogens with zero attached hydrogens (tertiary/aromatic N) is 1. The van der Waals surface area contributed by atoms with Crippen molar-refractivity contribution in [1.82, 2.24) is 0 Å². The van der Waals surface area contributed by atoms with E-state index in [-0.39, 0.29) is 5.41 Å². The normalized spacial score (nSPS) is 22.7. The fourth-order valence-corrected chi connectivity index (χ4v) is 2.47. The van der Waals surface area contributed by atoms with Crippen LogP contribution >= 0.6 is 0 Å². The quantitative estimate of drug-likeness (QED) is 0.699. The number of hydrogen-bond acceptors (Lipinski definition) is 2. The molecule has 1 atom stereocenters. The maximum atomic E-state index is 5.43. The predicted octanol–water partition coefficient (Wildman–Crippen LogP) is 2.81. The Hall–Kier alpha value is -1.18. The Bertz CT molecular complexity index is 384. The van der Waals surface area contributed by atoms with Crippen LogP contribution in [0.15, 0.2) is 18.2 Å². The molecule has 2 nitrogen and oxygen atoms in total. The number of ether oxygens (including phenoxy) is 1. The fraction of sp³-hybridized carbons (Fsp3) is 0.538. The van der Waals surface area contributed by atoms with Gasteiger partial charge < -0.3 is 9.64 Å². The molecule has 0 N–H and O–H groups in total. The standard InChI is InChI=1S/C13H19NO/c1-9-13(2,3)10-7-6-8-11(15-5)12(10)14(9)4/h6-9H,1-5H3. The molecule has 1 aliphatic rings. The van der Waals surface area contributed by atoms with Gasteiger partial charge in [0.25, 0.3) is 0 Å². The Kier molecular flexibility index (Phi) is 2.18. The second-order valence-electron chi connectivity index (χ2n) is 4.87. The Morgan fingerprint density at radius 1 is 1.33 bits per heavy atom. The molecule has 1 aromatic carbocycles. The molecule has 0 aromatic heterocycles. The van der Waals surface area contributed by atoms with E-state index in [9.17, 15) is 0 Å². The van der Waals surface area contributed by atoms with E-state index in [1.165, 1.54) is 11.3 Å². The van der Waals surface area contributed by atoms with Gasteiger partial charge >= 0.3 is 0 Å². The monoisotopic (exact) mass is 205 g/mol. The number of likely N-dealkylation sites (N-methyl/N-ethyl adjacent to an activating group) is 1. The summed E-state index contributed by atoms with van der Waals surface area (Å²) >= 11 is 0. The van der Waals surface area contributed by atoms with Crippen molar-refractivity contribution in [3.63, 3.8) is 0 Å². The minimum absolute atomic E-state index is 0.193. The van der Waals surface area contributed by atoms with Gasteiger partial charge in [0.15, 0.2) is 0 Å². The van der Waals surface area contributed by atoms with Crippen molar-refractivity contribution in [1.29, 1.82) is 0 Å². The lowest BCUT2D eigenvalue weighted by atomic mass is 9.81. The van der Waals surface area contributed by atoms with Crippen LogP contribution in [0, 0.1) is 0 Å². The lowest BCUT2D eigenvalue weighted by Crippen LogP contribution is -2.36. The molecule has 2 heteroatoms. The van der Waals surface area contributed by atoms with E-state index in [0.29, 0.717) is 6.04 Å². The number of rotatable bonds is 1. The number of methoxy groups -OCH3 is 1. The topological polar surface area (TPSA) is 12.5 Å². The molecule has 0 bridgehead atoms. The zero-order valence-electron chi connectivity index (χ0n) is 10.2. The van der Waals surface area contributed by atoms with E-state index < -0.39 is 0 Å². The zero-order chi connectivity index (χ0) is 11.2. The molecule has 0 saturated carbocycles. The third-order valence-corrected chi connectivity index (χ3v) is 3.89. The molecule has 0 saturated heterocycles. The van der Waals surface area contributed by atoms with Gasteiger partial charge in [-0.15, -0.1) is 0 Å². The van der Waals surface area contributed by atoms with E-state index >= 15 is 0 Å². The van der Waals surface area contributed by atoms with E-state index in [0.717, 1.165) is 5.75 Å². The number of para-hydroxylation sites is 1. The Morgan fingerprint density at radius 3 is 2.60 bits per heavy atom. The van der Waals surface area contributed by atoms with Gasteiger partial charge in [0, 0.05) is 18.5 Å². The van der Waals surface area contributed by atoms with Gasteiger partial charge in [0.2, 0.25) is 0 Å². The highest BCUT2D eigenvalue weighted by Crippen LogP contribution is 2.48. The summed E-state index contributed by atoms with van der Waals surface area (Å²) in [5, 5.41) is 0. The molecular weight excluding hydrogens is 186 g/mol. The Labute approximate surface area is 91.9 Å². The molecular formula is C13H19NO. The first-order chi connectivity index (χ1) is 7.00. The van der Waals surface area contributed by atoms with Crippen LogP contribution in [0.2, 0.25) is 0 Å². The Morgan fingerprint density at radius 2 is 2.00 bits per heavy atom. The summed E-state index contributed by atoms with van der Waals surface area (Å²) in [4.78, 5) is 2.31. The van der Waals surface area contributed by atoms with E-state index in [4.69, 9.17) is 4.74 Å². The molecule has 0 aliphatic carbocycles. The summed E-state index contributed by atoms with van der Waals surface area (Å²) in [5.41, 5.74) is 2.83. The van der Waals surface area contributed by atoms with Gasteiger partial charge in [-0.3, -0.25) is 0 Å². The van der Waals surface area contributed by atoms with Gasteiger partial charge in [0.1, 0.15) is 5.75 Å². The van der Waals surface area contributed by atoms with Gasteiger partial charge in [-0.2, -0.15) is 0 Å². The summed E-state index contributed by atoms with van der Waals surface area (Å²) in [5.74, 6) is 0.979. The predicted molar refractivity (Wildman–Crippen MR) is 63.9 cm³/mol. The SMILES string of the molecule is COc1cccc2c1N(C)C(C)C2(C)C. The van der Waals surface area contributed by atoms with Crippen LogP contribution in [0.1, 0.15) is 26.3 Å². The minimum Gasteiger partial charge on any atom is -0.495 e. The second kappa shape index (κ2) is 3.16. The molecule has 0 amide bonds. The third kappa shape index (κ3) is 1.24. The maximum absolute atomic E-state index is 5.43. The van der Waals surface area contributed by atoms with Gasteiger partial charge in [-0.05, 0) is 18.6 Å². The molecule has 0 radical (unpaired) electrons. The van der Waals surface area contributed by atoms with Crippen molar-refractivity contribution in [3.8, 4) is 5.75 Å².